The normalized spacial score (nSPS) is 11.9. The predicted molar refractivity (Wildman–Crippen MR) is 187 cm³/mol. The van der Waals surface area contributed by atoms with Crippen LogP contribution in [-0.2, 0) is 0 Å². The molecular formula is C40H24N6. The minimum absolute atomic E-state index is 0.666. The Morgan fingerprint density at radius 1 is 0.413 bits per heavy atom. The molecule has 6 nitrogen and oxygen atoms in total. The van der Waals surface area contributed by atoms with Gasteiger partial charge in [0.25, 0.3) is 0 Å². The summed E-state index contributed by atoms with van der Waals surface area (Å²) in [5.41, 5.74) is 8.38. The highest BCUT2D eigenvalue weighted by atomic mass is 15.2. The van der Waals surface area contributed by atoms with E-state index < -0.39 is 0 Å². The molecule has 6 heteroatoms. The van der Waals surface area contributed by atoms with Gasteiger partial charge in [0.2, 0.25) is 5.95 Å². The summed E-state index contributed by atoms with van der Waals surface area (Å²) in [5.74, 6) is 1.39. The van der Waals surface area contributed by atoms with Gasteiger partial charge in [0.05, 0.1) is 33.1 Å². The molecule has 0 unspecified atom stereocenters. The Morgan fingerprint density at radius 2 is 0.957 bits per heavy atom. The van der Waals surface area contributed by atoms with E-state index in [1.54, 1.807) is 0 Å². The van der Waals surface area contributed by atoms with Crippen molar-refractivity contribution in [2.45, 2.75) is 0 Å². The van der Waals surface area contributed by atoms with Gasteiger partial charge in [-0.05, 0) is 60.7 Å². The number of para-hydroxylation sites is 4. The largest absolute Gasteiger partial charge is 0.309 e. The molecule has 0 bridgehead atoms. The van der Waals surface area contributed by atoms with Crippen LogP contribution in [0.1, 0.15) is 0 Å². The first-order valence-electron chi connectivity index (χ1n) is 15.3. The highest BCUT2D eigenvalue weighted by Gasteiger charge is 2.21. The maximum absolute atomic E-state index is 5.00. The molecule has 46 heavy (non-hydrogen) atoms. The molecule has 0 spiro atoms. The van der Waals surface area contributed by atoms with Crippen LogP contribution in [0.15, 0.2) is 146 Å². The zero-order valence-electron chi connectivity index (χ0n) is 24.5. The highest BCUT2D eigenvalue weighted by Crippen LogP contribution is 2.42. The molecule has 0 fully saturated rings. The monoisotopic (exact) mass is 588 g/mol. The average molecular weight is 589 g/mol. The molecule has 4 heterocycles. The van der Waals surface area contributed by atoms with E-state index in [0.717, 1.165) is 60.9 Å². The molecule has 0 saturated carbocycles. The van der Waals surface area contributed by atoms with E-state index in [1.165, 1.54) is 21.5 Å². The van der Waals surface area contributed by atoms with Crippen molar-refractivity contribution in [3.05, 3.63) is 146 Å². The average Bonchev–Trinajstić information content (AvgIpc) is 3.64. The highest BCUT2D eigenvalue weighted by molar-refractivity contribution is 6.28. The van der Waals surface area contributed by atoms with Crippen molar-refractivity contribution in [2.24, 2.45) is 0 Å². The van der Waals surface area contributed by atoms with Gasteiger partial charge in [0.15, 0.2) is 5.82 Å². The maximum atomic E-state index is 5.00. The fourth-order valence-electron chi connectivity index (χ4n) is 6.95. The number of hydrogen-bond donors (Lipinski definition) is 0. The maximum Gasteiger partial charge on any atom is 0.235 e. The summed E-state index contributed by atoms with van der Waals surface area (Å²) in [6.45, 7) is 0. The van der Waals surface area contributed by atoms with Crippen LogP contribution >= 0.6 is 0 Å². The third kappa shape index (κ3) is 3.58. The number of hydrogen-bond acceptors (Lipinski definition) is 4. The Hall–Kier alpha value is -6.40. The summed E-state index contributed by atoms with van der Waals surface area (Å²) in [7, 11) is 0. The van der Waals surface area contributed by atoms with Gasteiger partial charge in [-0.25, -0.2) is 19.9 Å². The lowest BCUT2D eigenvalue weighted by molar-refractivity contribution is 1.01. The summed E-state index contributed by atoms with van der Waals surface area (Å²) in [6, 6.07) is 46.4. The van der Waals surface area contributed by atoms with Crippen LogP contribution in [0.5, 0.6) is 0 Å². The molecule has 0 amide bonds. The van der Waals surface area contributed by atoms with Crippen LogP contribution in [-0.4, -0.2) is 29.1 Å². The number of benzene rings is 6. The Labute approximate surface area is 262 Å². The fraction of sp³-hybridized carbons (Fsp3) is 0. The lowest BCUT2D eigenvalue weighted by Gasteiger charge is -2.10. The van der Waals surface area contributed by atoms with Crippen LogP contribution in [0.25, 0.3) is 88.4 Å². The van der Waals surface area contributed by atoms with Crippen molar-refractivity contribution in [2.75, 3.05) is 0 Å². The molecule has 0 saturated heterocycles. The van der Waals surface area contributed by atoms with Crippen molar-refractivity contribution in [3.8, 4) is 23.0 Å². The van der Waals surface area contributed by atoms with E-state index in [2.05, 4.69) is 99.0 Å². The molecule has 0 radical (unpaired) electrons. The van der Waals surface area contributed by atoms with Gasteiger partial charge >= 0.3 is 0 Å². The standard InChI is InChI=1S/C40H24N6/c1-5-13-31-26(9-1)23-41-39(43-31)25-17-19-28(20-18-25)45-33-15-7-3-11-29(33)37-35(45)21-22-36-38(37)30-12-4-8-16-34(30)46(36)40-42-24-27-10-2-6-14-32(27)44-40/h1-24H. The number of nitrogens with zero attached hydrogens (tertiary/aromatic N) is 6. The molecular weight excluding hydrogens is 564 g/mol. The predicted octanol–water partition coefficient (Wildman–Crippen LogP) is 9.43. The minimum atomic E-state index is 0.666. The van der Waals surface area contributed by atoms with Gasteiger partial charge in [-0.2, -0.15) is 0 Å². The molecule has 0 aliphatic carbocycles. The zero-order valence-corrected chi connectivity index (χ0v) is 24.5. The Morgan fingerprint density at radius 3 is 1.65 bits per heavy atom. The summed E-state index contributed by atoms with van der Waals surface area (Å²) in [4.78, 5) is 19.3. The zero-order chi connectivity index (χ0) is 30.2. The van der Waals surface area contributed by atoms with Gasteiger partial charge in [0.1, 0.15) is 0 Å². The second kappa shape index (κ2) is 9.55. The first kappa shape index (κ1) is 25.0. The first-order chi connectivity index (χ1) is 22.8. The van der Waals surface area contributed by atoms with Crippen molar-refractivity contribution in [3.63, 3.8) is 0 Å². The second-order valence-electron chi connectivity index (χ2n) is 11.6. The van der Waals surface area contributed by atoms with E-state index in [9.17, 15) is 0 Å². The third-order valence-electron chi connectivity index (χ3n) is 9.02. The van der Waals surface area contributed by atoms with Crippen molar-refractivity contribution >= 4 is 65.4 Å². The van der Waals surface area contributed by atoms with Gasteiger partial charge in [-0.15, -0.1) is 0 Å². The minimum Gasteiger partial charge on any atom is -0.309 e. The lowest BCUT2D eigenvalue weighted by atomic mass is 10.1. The summed E-state index contributed by atoms with van der Waals surface area (Å²) in [6.07, 6.45) is 3.80. The molecule has 214 valence electrons. The van der Waals surface area contributed by atoms with E-state index in [4.69, 9.17) is 15.0 Å². The van der Waals surface area contributed by atoms with Crippen LogP contribution in [0.2, 0.25) is 0 Å². The van der Waals surface area contributed by atoms with Crippen molar-refractivity contribution in [1.82, 2.24) is 29.1 Å². The van der Waals surface area contributed by atoms with E-state index in [-0.39, 0.29) is 0 Å². The topological polar surface area (TPSA) is 61.4 Å². The number of aromatic nitrogens is 6. The van der Waals surface area contributed by atoms with Crippen molar-refractivity contribution in [1.29, 1.82) is 0 Å². The van der Waals surface area contributed by atoms with Crippen LogP contribution < -0.4 is 0 Å². The molecule has 4 aromatic heterocycles. The third-order valence-corrected chi connectivity index (χ3v) is 9.02. The van der Waals surface area contributed by atoms with Gasteiger partial charge in [-0.1, -0.05) is 72.8 Å². The molecule has 0 atom stereocenters. The molecule has 0 aliphatic heterocycles. The SMILES string of the molecule is c1ccc2nc(-c3ccc(-n4c5ccccc5c5c6c7ccccc7n(-c7ncc8ccccc8n7)c6ccc54)cc3)ncc2c1. The van der Waals surface area contributed by atoms with Crippen molar-refractivity contribution < 1.29 is 0 Å². The molecule has 0 aliphatic rings. The van der Waals surface area contributed by atoms with Gasteiger partial charge in [-0.3, -0.25) is 4.57 Å². The summed E-state index contributed by atoms with van der Waals surface area (Å²) in [5, 5.41) is 6.84. The summed E-state index contributed by atoms with van der Waals surface area (Å²) < 4.78 is 4.55. The van der Waals surface area contributed by atoms with Crippen LogP contribution in [0.3, 0.4) is 0 Å². The lowest BCUT2D eigenvalue weighted by Crippen LogP contribution is -2.00. The summed E-state index contributed by atoms with van der Waals surface area (Å²) >= 11 is 0. The smallest absolute Gasteiger partial charge is 0.235 e. The van der Waals surface area contributed by atoms with Gasteiger partial charge < -0.3 is 4.57 Å². The van der Waals surface area contributed by atoms with Crippen LogP contribution in [0.4, 0.5) is 0 Å². The fourth-order valence-corrected chi connectivity index (χ4v) is 6.95. The molecule has 10 aromatic rings. The molecule has 6 aromatic carbocycles. The Kier molecular flexibility index (Phi) is 5.19. The van der Waals surface area contributed by atoms with Gasteiger partial charge in [0, 0.05) is 56.0 Å². The van der Waals surface area contributed by atoms with Crippen LogP contribution in [0, 0.1) is 0 Å². The second-order valence-corrected chi connectivity index (χ2v) is 11.6. The number of fused-ring (bicyclic) bond motifs is 9. The first-order valence-corrected chi connectivity index (χ1v) is 15.3. The molecule has 10 rings (SSSR count). The molecule has 0 N–H and O–H groups in total. The quantitative estimate of drug-likeness (QED) is 0.206. The van der Waals surface area contributed by atoms with E-state index in [0.29, 0.717) is 5.95 Å². The Balaban J connectivity index is 1.21. The van der Waals surface area contributed by atoms with E-state index >= 15 is 0 Å². The van der Waals surface area contributed by atoms with E-state index in [1.807, 2.05) is 60.9 Å². The Bertz CT molecular complexity index is 2810. The number of rotatable bonds is 3.